The molecule has 2 aromatic rings. The number of hydrogen-bond acceptors (Lipinski definition) is 15. The summed E-state index contributed by atoms with van der Waals surface area (Å²) in [7, 11) is 5.61. The van der Waals surface area contributed by atoms with Crippen LogP contribution in [0.5, 0.6) is 0 Å². The number of rotatable bonds is 12. The van der Waals surface area contributed by atoms with Crippen molar-refractivity contribution in [2.75, 3.05) is 46.2 Å². The summed E-state index contributed by atoms with van der Waals surface area (Å²) in [6.45, 7) is 19.8. The van der Waals surface area contributed by atoms with Gasteiger partial charge in [0.2, 0.25) is 0 Å². The van der Waals surface area contributed by atoms with E-state index in [0.717, 1.165) is 23.0 Å². The Hall–Kier alpha value is -2.25. The minimum atomic E-state index is -1.85. The van der Waals surface area contributed by atoms with Crippen molar-refractivity contribution in [3.05, 3.63) is 35.5 Å². The number of nitrogens with one attached hydrogen (secondary N) is 1. The molecule has 3 aliphatic heterocycles. The Balaban J connectivity index is 1.51. The number of ether oxygens (including phenoxy) is 6. The summed E-state index contributed by atoms with van der Waals surface area (Å²) in [6.07, 6.45) is -3.14. The van der Waals surface area contributed by atoms with E-state index in [1.54, 1.807) is 33.9 Å². The molecule has 3 fully saturated rings. The SMILES string of the molecule is CC[C@H]1OC(=O)C(C)[C@@H](O[C@H]2C[C@@](C)(OC)[C@@H](O)[C@H](C)O2)[C@H](C)[C@@H](OC2CC(N(C)C)CC(C)O2)C(C)(O)C[C@@H](C)CN(CCCNc2ccnc3cc(Cl)ccc23)[C@H](C)[C@@H](O)[C@]1(C)O. The van der Waals surface area contributed by atoms with Crippen molar-refractivity contribution in [1.29, 1.82) is 0 Å². The molecule has 0 amide bonds. The van der Waals surface area contributed by atoms with Crippen LogP contribution in [0.15, 0.2) is 30.5 Å². The van der Waals surface area contributed by atoms with Gasteiger partial charge < -0.3 is 59.1 Å². The molecule has 65 heavy (non-hydrogen) atoms. The number of aromatic nitrogens is 1. The highest BCUT2D eigenvalue weighted by molar-refractivity contribution is 6.31. The number of aliphatic hydroxyl groups is 4. The lowest BCUT2D eigenvalue weighted by Gasteiger charge is -2.48. The predicted octanol–water partition coefficient (Wildman–Crippen LogP) is 6.00. The van der Waals surface area contributed by atoms with Crippen LogP contribution in [0.3, 0.4) is 0 Å². The molecule has 0 bridgehead atoms. The lowest BCUT2D eigenvalue weighted by molar-refractivity contribution is -0.308. The first kappa shape index (κ1) is 53.7. The lowest BCUT2D eigenvalue weighted by atomic mass is 9.77. The molecule has 5 N–H and O–H groups in total. The molecule has 4 heterocycles. The van der Waals surface area contributed by atoms with Gasteiger partial charge in [-0.3, -0.25) is 14.7 Å². The molecule has 0 saturated carbocycles. The van der Waals surface area contributed by atoms with Gasteiger partial charge in [-0.15, -0.1) is 0 Å². The molecule has 16 heteroatoms. The van der Waals surface area contributed by atoms with Crippen molar-refractivity contribution in [2.24, 2.45) is 17.8 Å². The number of pyridine rings is 1. The molecule has 1 aromatic carbocycles. The first-order valence-corrected chi connectivity index (χ1v) is 24.2. The van der Waals surface area contributed by atoms with E-state index in [4.69, 9.17) is 40.0 Å². The fourth-order valence-corrected chi connectivity index (χ4v) is 10.8. The molecule has 1 aromatic heterocycles. The van der Waals surface area contributed by atoms with Crippen molar-refractivity contribution in [1.82, 2.24) is 14.8 Å². The fraction of sp³-hybridized carbons (Fsp3) is 0.796. The zero-order valence-corrected chi connectivity index (χ0v) is 42.0. The number of hydrogen-bond donors (Lipinski definition) is 5. The van der Waals surface area contributed by atoms with Crippen LogP contribution in [0, 0.1) is 17.8 Å². The summed E-state index contributed by atoms with van der Waals surface area (Å²) in [6, 6.07) is 7.14. The van der Waals surface area contributed by atoms with Crippen molar-refractivity contribution in [2.45, 2.75) is 192 Å². The lowest BCUT2D eigenvalue weighted by Crippen LogP contribution is -2.60. The van der Waals surface area contributed by atoms with Gasteiger partial charge in [0.1, 0.15) is 23.9 Å². The Bertz CT molecular complexity index is 1840. The van der Waals surface area contributed by atoms with Crippen LogP contribution < -0.4 is 5.32 Å². The van der Waals surface area contributed by atoms with Gasteiger partial charge in [-0.25, -0.2) is 0 Å². The molecule has 0 radical (unpaired) electrons. The number of benzene rings is 1. The maximum absolute atomic E-state index is 14.6. The summed E-state index contributed by atoms with van der Waals surface area (Å²) < 4.78 is 38.5. The van der Waals surface area contributed by atoms with Crippen molar-refractivity contribution in [3.63, 3.8) is 0 Å². The smallest absolute Gasteiger partial charge is 0.311 e. The van der Waals surface area contributed by atoms with Crippen LogP contribution in [0.4, 0.5) is 5.69 Å². The number of carbonyl (C=O) groups is 1. The van der Waals surface area contributed by atoms with E-state index in [1.165, 1.54) is 14.0 Å². The standard InChI is InChI=1S/C49H81ClN4O11/c1-14-39-49(10,59)43(55)32(6)54(21-15-19-51-37-18-20-52-38-23-34(50)16-17-36(37)38)27-28(2)25-47(8,58)45(65-40-24-35(53(11)12)22-29(3)61-40)30(4)42(31(5)46(57)63-39)64-41-26-48(9,60-13)44(56)33(7)62-41/h16-18,20,23,28-33,35,39-45,55-56,58-59H,14-15,19,21-22,24-27H2,1-13H3,(H,51,52)/t28-,29?,30+,31?,32-,33+,35?,39-,40?,41+,42+,43-,44+,45-,47?,48-,49-/m1/s1. The van der Waals surface area contributed by atoms with Gasteiger partial charge in [0.15, 0.2) is 12.6 Å². The minimum Gasteiger partial charge on any atom is -0.459 e. The quantitative estimate of drug-likeness (QED) is 0.123. The number of aliphatic hydroxyl groups excluding tert-OH is 2. The number of cyclic esters (lactones) is 1. The Labute approximate surface area is 392 Å². The molecule has 3 aliphatic rings. The zero-order chi connectivity index (χ0) is 48.2. The summed E-state index contributed by atoms with van der Waals surface area (Å²) in [5.74, 6) is -2.46. The number of anilines is 1. The van der Waals surface area contributed by atoms with Crippen molar-refractivity contribution < 1.29 is 53.6 Å². The van der Waals surface area contributed by atoms with E-state index >= 15 is 0 Å². The van der Waals surface area contributed by atoms with Crippen molar-refractivity contribution >= 4 is 34.2 Å². The van der Waals surface area contributed by atoms with E-state index in [-0.39, 0.29) is 37.3 Å². The largest absolute Gasteiger partial charge is 0.459 e. The van der Waals surface area contributed by atoms with Gasteiger partial charge in [-0.2, -0.15) is 0 Å². The maximum Gasteiger partial charge on any atom is 0.311 e. The van der Waals surface area contributed by atoms with Gasteiger partial charge in [0.25, 0.3) is 0 Å². The number of esters is 1. The Morgan fingerprint density at radius 2 is 1.68 bits per heavy atom. The van der Waals surface area contributed by atoms with Gasteiger partial charge in [0, 0.05) is 79.9 Å². The number of nitrogens with zero attached hydrogens (tertiary/aromatic N) is 3. The van der Waals surface area contributed by atoms with E-state index in [2.05, 4.69) is 27.0 Å². The molecule has 5 unspecified atom stereocenters. The molecular formula is C49H81ClN4O11. The molecule has 17 atom stereocenters. The van der Waals surface area contributed by atoms with Crippen LogP contribution in [-0.4, -0.2) is 166 Å². The monoisotopic (exact) mass is 937 g/mol. The minimum absolute atomic E-state index is 0.107. The third kappa shape index (κ3) is 12.9. The summed E-state index contributed by atoms with van der Waals surface area (Å²) in [4.78, 5) is 23.3. The number of halogens is 1. The van der Waals surface area contributed by atoms with Gasteiger partial charge in [-0.05, 0) is 118 Å². The second kappa shape index (κ2) is 22.5. The topological polar surface area (TPSA) is 185 Å². The van der Waals surface area contributed by atoms with Crippen molar-refractivity contribution in [3.8, 4) is 0 Å². The zero-order valence-electron chi connectivity index (χ0n) is 41.2. The second-order valence-corrected chi connectivity index (χ2v) is 20.8. The first-order valence-electron chi connectivity index (χ1n) is 23.8. The summed E-state index contributed by atoms with van der Waals surface area (Å²) in [5, 5.41) is 53.4. The van der Waals surface area contributed by atoms with Crippen LogP contribution in [0.1, 0.15) is 108 Å². The third-order valence-corrected chi connectivity index (χ3v) is 14.8. The highest BCUT2D eigenvalue weighted by Crippen LogP contribution is 2.40. The average molecular weight is 938 g/mol. The first-order chi connectivity index (χ1) is 30.4. The van der Waals surface area contributed by atoms with E-state index < -0.39 is 89.9 Å². The number of methoxy groups -OCH3 is 1. The van der Waals surface area contributed by atoms with Crippen LogP contribution in [-0.2, 0) is 33.2 Å². The number of carbonyl (C=O) groups excluding carboxylic acids is 1. The normalized spacial score (nSPS) is 40.9. The summed E-state index contributed by atoms with van der Waals surface area (Å²) in [5.41, 5.74) is -2.65. The fourth-order valence-electron chi connectivity index (χ4n) is 10.6. The molecular weight excluding hydrogens is 856 g/mol. The molecule has 0 spiro atoms. The predicted molar refractivity (Wildman–Crippen MR) is 252 cm³/mol. The second-order valence-electron chi connectivity index (χ2n) is 20.4. The molecule has 0 aliphatic carbocycles. The highest BCUT2D eigenvalue weighted by atomic mass is 35.5. The molecule has 5 rings (SSSR count). The Kier molecular flexibility index (Phi) is 18.5. The van der Waals surface area contributed by atoms with Gasteiger partial charge in [-0.1, -0.05) is 32.4 Å². The van der Waals surface area contributed by atoms with E-state index in [9.17, 15) is 25.2 Å². The Morgan fingerprint density at radius 3 is 2.34 bits per heavy atom. The van der Waals surface area contributed by atoms with Gasteiger partial charge >= 0.3 is 5.97 Å². The van der Waals surface area contributed by atoms with Crippen LogP contribution in [0.2, 0.25) is 5.02 Å². The molecule has 3 saturated heterocycles. The van der Waals surface area contributed by atoms with E-state index in [0.29, 0.717) is 37.5 Å². The maximum atomic E-state index is 14.6. The number of fused-ring (bicyclic) bond motifs is 1. The Morgan fingerprint density at radius 1 is 0.969 bits per heavy atom. The molecule has 370 valence electrons. The summed E-state index contributed by atoms with van der Waals surface area (Å²) >= 11 is 6.25. The van der Waals surface area contributed by atoms with Crippen LogP contribution >= 0.6 is 11.6 Å². The highest BCUT2D eigenvalue weighted by Gasteiger charge is 2.52. The molecule has 15 nitrogen and oxygen atoms in total. The van der Waals surface area contributed by atoms with Gasteiger partial charge in [0.05, 0.1) is 47.1 Å². The van der Waals surface area contributed by atoms with E-state index in [1.807, 2.05) is 66.1 Å². The third-order valence-electron chi connectivity index (χ3n) is 14.6. The van der Waals surface area contributed by atoms with Crippen LogP contribution in [0.25, 0.3) is 10.9 Å². The average Bonchev–Trinajstić information content (AvgIpc) is 3.24.